The van der Waals surface area contributed by atoms with Crippen molar-refractivity contribution in [3.8, 4) is 5.75 Å². The smallest absolute Gasteiger partial charge is 0.326 e. The number of aliphatic carboxylic acids is 1. The Labute approximate surface area is 123 Å². The van der Waals surface area contributed by atoms with Crippen LogP contribution in [0.2, 0.25) is 0 Å². The number of rotatable bonds is 7. The van der Waals surface area contributed by atoms with Crippen molar-refractivity contribution in [1.29, 1.82) is 0 Å². The van der Waals surface area contributed by atoms with Gasteiger partial charge in [-0.3, -0.25) is 9.59 Å². The van der Waals surface area contributed by atoms with E-state index in [0.29, 0.717) is 12.8 Å². The van der Waals surface area contributed by atoms with Crippen molar-refractivity contribution in [3.05, 3.63) is 29.8 Å². The first kappa shape index (κ1) is 16.7. The van der Waals surface area contributed by atoms with Gasteiger partial charge in [0.25, 0.3) is 5.91 Å². The van der Waals surface area contributed by atoms with E-state index in [1.807, 2.05) is 6.92 Å². The van der Waals surface area contributed by atoms with Crippen LogP contribution in [-0.4, -0.2) is 29.0 Å². The third-order valence-electron chi connectivity index (χ3n) is 2.81. The monoisotopic (exact) mass is 293 g/mol. The molecule has 0 radical (unpaired) electrons. The number of carboxylic acids is 1. The quantitative estimate of drug-likeness (QED) is 0.592. The number of hydrogen-bond donors (Lipinski definition) is 2. The van der Waals surface area contributed by atoms with E-state index in [0.717, 1.165) is 6.42 Å². The molecule has 1 rings (SSSR count). The summed E-state index contributed by atoms with van der Waals surface area (Å²) in [5.74, 6) is -1.81. The zero-order chi connectivity index (χ0) is 15.8. The Morgan fingerprint density at radius 3 is 2.62 bits per heavy atom. The van der Waals surface area contributed by atoms with Crippen LogP contribution in [0.5, 0.6) is 5.75 Å². The van der Waals surface area contributed by atoms with E-state index < -0.39 is 23.9 Å². The van der Waals surface area contributed by atoms with Gasteiger partial charge >= 0.3 is 11.9 Å². The summed E-state index contributed by atoms with van der Waals surface area (Å²) < 4.78 is 4.89. The average Bonchev–Trinajstić information content (AvgIpc) is 2.42. The van der Waals surface area contributed by atoms with Crippen molar-refractivity contribution in [2.75, 3.05) is 0 Å². The van der Waals surface area contributed by atoms with Crippen LogP contribution in [0.25, 0.3) is 0 Å². The van der Waals surface area contributed by atoms with Crippen LogP contribution >= 0.6 is 0 Å². The molecule has 0 fully saturated rings. The first-order chi connectivity index (χ1) is 9.93. The summed E-state index contributed by atoms with van der Waals surface area (Å²) in [6.45, 7) is 3.21. The molecule has 0 bridgehead atoms. The molecule has 6 heteroatoms. The molecule has 114 valence electrons. The molecule has 0 aliphatic heterocycles. The topological polar surface area (TPSA) is 92.7 Å². The minimum Gasteiger partial charge on any atom is -0.480 e. The summed E-state index contributed by atoms with van der Waals surface area (Å²) >= 11 is 0. The van der Waals surface area contributed by atoms with Gasteiger partial charge in [-0.25, -0.2) is 4.79 Å². The number of benzene rings is 1. The maximum Gasteiger partial charge on any atom is 0.326 e. The predicted octanol–water partition coefficient (Wildman–Crippen LogP) is 1.99. The Bertz CT molecular complexity index is 527. The number of amides is 1. The van der Waals surface area contributed by atoms with Gasteiger partial charge in [-0.15, -0.1) is 0 Å². The Hall–Kier alpha value is -2.37. The van der Waals surface area contributed by atoms with Crippen LogP contribution in [0.15, 0.2) is 24.3 Å². The van der Waals surface area contributed by atoms with E-state index in [1.54, 1.807) is 12.1 Å². The third kappa shape index (κ3) is 5.64. The van der Waals surface area contributed by atoms with E-state index in [4.69, 9.17) is 9.84 Å². The first-order valence-corrected chi connectivity index (χ1v) is 6.76. The van der Waals surface area contributed by atoms with E-state index in [1.165, 1.54) is 19.1 Å². The van der Waals surface area contributed by atoms with Crippen molar-refractivity contribution in [2.45, 2.75) is 39.2 Å². The van der Waals surface area contributed by atoms with Crippen LogP contribution in [0.4, 0.5) is 0 Å². The number of carbonyl (C=O) groups is 3. The standard InChI is InChI=1S/C15H19NO5/c1-3-4-8-13(15(19)20)16-14(18)11-6-5-7-12(9-11)21-10(2)17/h5-7,9,13H,3-4,8H2,1-2H3,(H,16,18)(H,19,20)/t13-/m1/s1. The van der Waals surface area contributed by atoms with Crippen LogP contribution < -0.4 is 10.1 Å². The molecule has 6 nitrogen and oxygen atoms in total. The molecule has 1 aromatic rings. The summed E-state index contributed by atoms with van der Waals surface area (Å²) in [5.41, 5.74) is 0.247. The van der Waals surface area contributed by atoms with Gasteiger partial charge in [-0.2, -0.15) is 0 Å². The Morgan fingerprint density at radius 1 is 1.33 bits per heavy atom. The summed E-state index contributed by atoms with van der Waals surface area (Å²) in [7, 11) is 0. The molecule has 0 aliphatic rings. The molecule has 0 saturated heterocycles. The lowest BCUT2D eigenvalue weighted by Gasteiger charge is -2.14. The summed E-state index contributed by atoms with van der Waals surface area (Å²) in [4.78, 5) is 34.0. The van der Waals surface area contributed by atoms with Gasteiger partial charge in [0.15, 0.2) is 0 Å². The van der Waals surface area contributed by atoms with E-state index in [2.05, 4.69) is 5.32 Å². The van der Waals surface area contributed by atoms with Gasteiger partial charge in [0, 0.05) is 12.5 Å². The highest BCUT2D eigenvalue weighted by molar-refractivity contribution is 5.97. The van der Waals surface area contributed by atoms with Crippen molar-refractivity contribution >= 4 is 17.8 Å². The first-order valence-electron chi connectivity index (χ1n) is 6.76. The molecule has 1 atom stereocenters. The van der Waals surface area contributed by atoms with Crippen LogP contribution in [-0.2, 0) is 9.59 Å². The number of ether oxygens (including phenoxy) is 1. The van der Waals surface area contributed by atoms with Gasteiger partial charge in [-0.05, 0) is 24.6 Å². The number of hydrogen-bond acceptors (Lipinski definition) is 4. The predicted molar refractivity (Wildman–Crippen MR) is 76.2 cm³/mol. The molecular weight excluding hydrogens is 274 g/mol. The number of carbonyl (C=O) groups excluding carboxylic acids is 2. The maximum absolute atomic E-state index is 12.0. The van der Waals surface area contributed by atoms with Crippen molar-refractivity contribution in [3.63, 3.8) is 0 Å². The number of unbranched alkanes of at least 4 members (excludes halogenated alkanes) is 1. The molecule has 21 heavy (non-hydrogen) atoms. The van der Waals surface area contributed by atoms with Gasteiger partial charge in [0.2, 0.25) is 0 Å². The van der Waals surface area contributed by atoms with E-state index >= 15 is 0 Å². The lowest BCUT2D eigenvalue weighted by atomic mass is 10.1. The van der Waals surface area contributed by atoms with Gasteiger partial charge in [0.05, 0.1) is 0 Å². The number of nitrogens with one attached hydrogen (secondary N) is 1. The SMILES string of the molecule is CCCC[C@@H](NC(=O)c1cccc(OC(C)=O)c1)C(=O)O. The van der Waals surface area contributed by atoms with Gasteiger partial charge < -0.3 is 15.2 Å². The molecule has 0 spiro atoms. The fraction of sp³-hybridized carbons (Fsp3) is 0.400. The zero-order valence-electron chi connectivity index (χ0n) is 12.1. The molecule has 0 heterocycles. The molecular formula is C15H19NO5. The second-order valence-electron chi connectivity index (χ2n) is 4.63. The van der Waals surface area contributed by atoms with Crippen molar-refractivity contribution < 1.29 is 24.2 Å². The third-order valence-corrected chi connectivity index (χ3v) is 2.81. The van der Waals surface area contributed by atoms with E-state index in [-0.39, 0.29) is 11.3 Å². The second-order valence-corrected chi connectivity index (χ2v) is 4.63. The summed E-state index contributed by atoms with van der Waals surface area (Å²) in [6.07, 6.45) is 1.94. The normalized spacial score (nSPS) is 11.5. The minimum absolute atomic E-state index is 0.246. The fourth-order valence-electron chi connectivity index (χ4n) is 1.77. The van der Waals surface area contributed by atoms with Gasteiger partial charge in [0.1, 0.15) is 11.8 Å². The zero-order valence-corrected chi connectivity index (χ0v) is 12.1. The van der Waals surface area contributed by atoms with Gasteiger partial charge in [-0.1, -0.05) is 25.8 Å². The molecule has 2 N–H and O–H groups in total. The Morgan fingerprint density at radius 2 is 2.05 bits per heavy atom. The molecule has 0 aromatic heterocycles. The Balaban J connectivity index is 2.77. The highest BCUT2D eigenvalue weighted by atomic mass is 16.5. The largest absolute Gasteiger partial charge is 0.480 e. The minimum atomic E-state index is -1.06. The van der Waals surface area contributed by atoms with Crippen LogP contribution in [0.3, 0.4) is 0 Å². The summed E-state index contributed by atoms with van der Waals surface area (Å²) in [6, 6.07) is 5.12. The highest BCUT2D eigenvalue weighted by Crippen LogP contribution is 2.14. The van der Waals surface area contributed by atoms with Crippen molar-refractivity contribution in [1.82, 2.24) is 5.32 Å². The molecule has 0 aliphatic carbocycles. The molecule has 0 unspecified atom stereocenters. The second kappa shape index (κ2) is 8.04. The van der Waals surface area contributed by atoms with Crippen molar-refractivity contribution in [2.24, 2.45) is 0 Å². The lowest BCUT2D eigenvalue weighted by molar-refractivity contribution is -0.139. The summed E-state index contributed by atoms with van der Waals surface area (Å²) in [5, 5.41) is 11.6. The lowest BCUT2D eigenvalue weighted by Crippen LogP contribution is -2.40. The highest BCUT2D eigenvalue weighted by Gasteiger charge is 2.20. The molecule has 0 saturated carbocycles. The van der Waals surface area contributed by atoms with Crippen LogP contribution in [0.1, 0.15) is 43.5 Å². The van der Waals surface area contributed by atoms with E-state index in [9.17, 15) is 14.4 Å². The number of carboxylic acid groups (broad SMARTS) is 1. The maximum atomic E-state index is 12.0. The average molecular weight is 293 g/mol. The molecule has 1 aromatic carbocycles. The number of esters is 1. The van der Waals surface area contributed by atoms with Crippen LogP contribution in [0, 0.1) is 0 Å². The molecule has 1 amide bonds. The Kier molecular flexibility index (Phi) is 6.39. The fourth-order valence-corrected chi connectivity index (χ4v) is 1.77.